The molecule has 2 rings (SSSR count). The van der Waals surface area contributed by atoms with E-state index < -0.39 is 0 Å². The largest absolute Gasteiger partial charge is 0.477 e. The zero-order valence-corrected chi connectivity index (χ0v) is 11.2. The van der Waals surface area contributed by atoms with E-state index in [-0.39, 0.29) is 0 Å². The van der Waals surface area contributed by atoms with E-state index in [2.05, 4.69) is 15.0 Å². The highest BCUT2D eigenvalue weighted by Crippen LogP contribution is 2.16. The molecule has 0 fully saturated rings. The van der Waals surface area contributed by atoms with Crippen LogP contribution in [0.3, 0.4) is 0 Å². The maximum absolute atomic E-state index is 8.36. The van der Waals surface area contributed by atoms with Crippen LogP contribution < -0.4 is 10.2 Å². The summed E-state index contributed by atoms with van der Waals surface area (Å²) in [5.74, 6) is 0.554. The predicted octanol–water partition coefficient (Wildman–Crippen LogP) is 2.11. The van der Waals surface area contributed by atoms with Crippen molar-refractivity contribution in [1.29, 1.82) is 0 Å². The second-order valence-corrected chi connectivity index (χ2v) is 4.64. The quantitative estimate of drug-likeness (QED) is 0.480. The summed E-state index contributed by atoms with van der Waals surface area (Å²) in [4.78, 5) is 13.4. The summed E-state index contributed by atoms with van der Waals surface area (Å²) >= 11 is 1.63. The summed E-state index contributed by atoms with van der Waals surface area (Å²) in [6, 6.07) is 3.50. The SMILES string of the molecule is Cc1ncsc1CCOc1ccc(N=CNO)cn1. The van der Waals surface area contributed by atoms with E-state index >= 15 is 0 Å². The zero-order valence-electron chi connectivity index (χ0n) is 10.4. The van der Waals surface area contributed by atoms with Gasteiger partial charge in [0.1, 0.15) is 6.34 Å². The van der Waals surface area contributed by atoms with Crippen LogP contribution in [0, 0.1) is 6.92 Å². The second-order valence-electron chi connectivity index (χ2n) is 3.70. The highest BCUT2D eigenvalue weighted by molar-refractivity contribution is 7.09. The van der Waals surface area contributed by atoms with Crippen LogP contribution >= 0.6 is 11.3 Å². The predicted molar refractivity (Wildman–Crippen MR) is 73.4 cm³/mol. The van der Waals surface area contributed by atoms with Crippen molar-refractivity contribution >= 4 is 23.4 Å². The summed E-state index contributed by atoms with van der Waals surface area (Å²) in [5.41, 5.74) is 5.36. The first kappa shape index (κ1) is 13.4. The number of thiazole rings is 1. The van der Waals surface area contributed by atoms with E-state index in [9.17, 15) is 0 Å². The van der Waals surface area contributed by atoms with Crippen molar-refractivity contribution in [1.82, 2.24) is 15.4 Å². The molecule has 100 valence electrons. The van der Waals surface area contributed by atoms with Gasteiger partial charge in [0, 0.05) is 17.4 Å². The Hall–Kier alpha value is -1.99. The lowest BCUT2D eigenvalue weighted by molar-refractivity contribution is 0.240. The Morgan fingerprint density at radius 3 is 3.00 bits per heavy atom. The highest BCUT2D eigenvalue weighted by atomic mass is 32.1. The zero-order chi connectivity index (χ0) is 13.5. The summed E-state index contributed by atoms with van der Waals surface area (Å²) in [7, 11) is 0. The number of aliphatic imine (C=N–C) groups is 1. The normalized spacial score (nSPS) is 10.8. The Balaban J connectivity index is 1.83. The molecule has 2 heterocycles. The van der Waals surface area contributed by atoms with Crippen molar-refractivity contribution in [2.45, 2.75) is 13.3 Å². The van der Waals surface area contributed by atoms with Gasteiger partial charge in [-0.3, -0.25) is 10.7 Å². The Morgan fingerprint density at radius 2 is 2.37 bits per heavy atom. The topological polar surface area (TPSA) is 79.6 Å². The molecule has 0 aliphatic carbocycles. The number of hydrogen-bond donors (Lipinski definition) is 2. The lowest BCUT2D eigenvalue weighted by Crippen LogP contribution is -2.02. The number of rotatable bonds is 6. The minimum absolute atomic E-state index is 0.554. The van der Waals surface area contributed by atoms with Crippen LogP contribution in [0.15, 0.2) is 28.8 Å². The number of aryl methyl sites for hydroxylation is 1. The standard InChI is InChI=1S/C12H14N4O2S/c1-9-11(19-8-15-9)4-5-18-12-3-2-10(6-13-12)14-7-16-17/h2-3,6-8,17H,4-5H2,1H3,(H,14,16). The van der Waals surface area contributed by atoms with Gasteiger partial charge in [-0.15, -0.1) is 11.3 Å². The molecule has 6 nitrogen and oxygen atoms in total. The first-order valence-corrected chi connectivity index (χ1v) is 6.57. The maximum atomic E-state index is 8.36. The average Bonchev–Trinajstić information content (AvgIpc) is 2.84. The lowest BCUT2D eigenvalue weighted by Gasteiger charge is -2.04. The molecule has 0 aliphatic heterocycles. The fraction of sp³-hybridized carbons (Fsp3) is 0.250. The van der Waals surface area contributed by atoms with Gasteiger partial charge in [0.2, 0.25) is 5.88 Å². The highest BCUT2D eigenvalue weighted by Gasteiger charge is 2.02. The van der Waals surface area contributed by atoms with Crippen molar-refractivity contribution in [3.05, 3.63) is 34.4 Å². The molecule has 0 bridgehead atoms. The third kappa shape index (κ3) is 4.01. The van der Waals surface area contributed by atoms with Gasteiger partial charge < -0.3 is 4.74 Å². The van der Waals surface area contributed by atoms with Crippen LogP contribution in [0.25, 0.3) is 0 Å². The number of nitrogens with one attached hydrogen (secondary N) is 1. The molecule has 0 aromatic carbocycles. The molecule has 7 heteroatoms. The summed E-state index contributed by atoms with van der Waals surface area (Å²) < 4.78 is 5.54. The van der Waals surface area contributed by atoms with Gasteiger partial charge in [0.05, 0.1) is 29.7 Å². The third-order valence-corrected chi connectivity index (χ3v) is 3.41. The van der Waals surface area contributed by atoms with Crippen molar-refractivity contribution in [3.8, 4) is 5.88 Å². The minimum atomic E-state index is 0.554. The van der Waals surface area contributed by atoms with Crippen LogP contribution in [0.2, 0.25) is 0 Å². The molecule has 19 heavy (non-hydrogen) atoms. The molecule has 2 aromatic rings. The molecule has 0 atom stereocenters. The van der Waals surface area contributed by atoms with Crippen molar-refractivity contribution in [2.75, 3.05) is 6.61 Å². The summed E-state index contributed by atoms with van der Waals surface area (Å²) in [5, 5.41) is 8.36. The van der Waals surface area contributed by atoms with E-state index in [1.807, 2.05) is 17.9 Å². The second kappa shape index (κ2) is 6.81. The molecule has 2 aromatic heterocycles. The monoisotopic (exact) mass is 278 g/mol. The molecular formula is C12H14N4O2S. The molecule has 0 saturated heterocycles. The van der Waals surface area contributed by atoms with Gasteiger partial charge >= 0.3 is 0 Å². The minimum Gasteiger partial charge on any atom is -0.477 e. The number of hydrogen-bond acceptors (Lipinski definition) is 6. The molecule has 2 N–H and O–H groups in total. The molecular weight excluding hydrogens is 264 g/mol. The van der Waals surface area contributed by atoms with E-state index in [4.69, 9.17) is 9.94 Å². The number of pyridine rings is 1. The molecule has 0 saturated carbocycles. The third-order valence-electron chi connectivity index (χ3n) is 2.42. The fourth-order valence-electron chi connectivity index (χ4n) is 1.45. The first-order chi connectivity index (χ1) is 9.29. The van der Waals surface area contributed by atoms with E-state index in [0.717, 1.165) is 12.1 Å². The van der Waals surface area contributed by atoms with Crippen LogP contribution in [0.5, 0.6) is 5.88 Å². The van der Waals surface area contributed by atoms with Gasteiger partial charge in [0.25, 0.3) is 0 Å². The fourth-order valence-corrected chi connectivity index (χ4v) is 2.21. The number of ether oxygens (including phenoxy) is 1. The van der Waals surface area contributed by atoms with E-state index in [0.29, 0.717) is 18.2 Å². The average molecular weight is 278 g/mol. The molecule has 0 amide bonds. The van der Waals surface area contributed by atoms with Crippen LogP contribution in [-0.2, 0) is 6.42 Å². The molecule has 0 aliphatic rings. The van der Waals surface area contributed by atoms with E-state index in [1.54, 1.807) is 29.7 Å². The summed E-state index contributed by atoms with van der Waals surface area (Å²) in [6.07, 6.45) is 3.57. The molecule has 0 unspecified atom stereocenters. The lowest BCUT2D eigenvalue weighted by atomic mass is 10.3. The number of aromatic nitrogens is 2. The van der Waals surface area contributed by atoms with Crippen molar-refractivity contribution < 1.29 is 9.94 Å². The van der Waals surface area contributed by atoms with Crippen molar-refractivity contribution in [2.24, 2.45) is 4.99 Å². The van der Waals surface area contributed by atoms with Gasteiger partial charge in [-0.2, -0.15) is 0 Å². The Bertz CT molecular complexity index is 539. The molecule has 0 spiro atoms. The van der Waals surface area contributed by atoms with Gasteiger partial charge in [0.15, 0.2) is 0 Å². The van der Waals surface area contributed by atoms with Gasteiger partial charge in [-0.1, -0.05) is 0 Å². The van der Waals surface area contributed by atoms with Gasteiger partial charge in [-0.25, -0.2) is 15.0 Å². The Morgan fingerprint density at radius 1 is 1.47 bits per heavy atom. The number of hydroxylamine groups is 1. The smallest absolute Gasteiger partial charge is 0.213 e. The van der Waals surface area contributed by atoms with Crippen LogP contribution in [-0.4, -0.2) is 28.1 Å². The molecule has 0 radical (unpaired) electrons. The number of nitrogens with zero attached hydrogens (tertiary/aromatic N) is 3. The van der Waals surface area contributed by atoms with Crippen molar-refractivity contribution in [3.63, 3.8) is 0 Å². The maximum Gasteiger partial charge on any atom is 0.213 e. The Labute approximate surface area is 114 Å². The van der Waals surface area contributed by atoms with Crippen LogP contribution in [0.1, 0.15) is 10.6 Å². The summed E-state index contributed by atoms with van der Waals surface area (Å²) in [6.45, 7) is 2.56. The Kier molecular flexibility index (Phi) is 4.82. The van der Waals surface area contributed by atoms with Gasteiger partial charge in [-0.05, 0) is 13.0 Å². The van der Waals surface area contributed by atoms with E-state index in [1.165, 1.54) is 11.2 Å². The van der Waals surface area contributed by atoms with Crippen LogP contribution in [0.4, 0.5) is 5.69 Å². The first-order valence-electron chi connectivity index (χ1n) is 5.69.